The monoisotopic (exact) mass is 563 g/mol. The van der Waals surface area contributed by atoms with E-state index in [9.17, 15) is 24.1 Å². The summed E-state index contributed by atoms with van der Waals surface area (Å²) in [6, 6.07) is 12.2. The zero-order valence-corrected chi connectivity index (χ0v) is 22.4. The molecule has 12 heteroatoms. The smallest absolute Gasteiger partial charge is 0.338 e. The van der Waals surface area contributed by atoms with Crippen LogP contribution in [0.25, 0.3) is 17.4 Å². The number of carbonyl (C=O) groups excluding carboxylic acids is 1. The highest BCUT2D eigenvalue weighted by Crippen LogP contribution is 2.34. The Labute approximate surface area is 230 Å². The topological polar surface area (TPSA) is 126 Å². The lowest BCUT2D eigenvalue weighted by Crippen LogP contribution is -2.39. The molecule has 40 heavy (non-hydrogen) atoms. The molecule has 204 valence electrons. The van der Waals surface area contributed by atoms with Crippen molar-refractivity contribution >= 4 is 29.1 Å². The minimum absolute atomic E-state index is 0.128. The zero-order valence-electron chi connectivity index (χ0n) is 21.5. The van der Waals surface area contributed by atoms with Gasteiger partial charge in [-0.15, -0.1) is 0 Å². The van der Waals surface area contributed by atoms with Gasteiger partial charge in [-0.2, -0.15) is 0 Å². The number of nitrogens with zero attached hydrogens (tertiary/aromatic N) is 3. The number of nitro groups is 1. The quantitative estimate of drug-likeness (QED) is 0.188. The van der Waals surface area contributed by atoms with Gasteiger partial charge in [-0.05, 0) is 55.8 Å². The third-order valence-corrected chi connectivity index (χ3v) is 7.25. The molecule has 5 rings (SSSR count). The number of hydrogen-bond acceptors (Lipinski definition) is 9. The number of ether oxygens (including phenoxy) is 2. The Morgan fingerprint density at radius 2 is 1.98 bits per heavy atom. The molecule has 0 unspecified atom stereocenters. The van der Waals surface area contributed by atoms with E-state index in [1.807, 2.05) is 0 Å². The molecule has 0 saturated carbocycles. The van der Waals surface area contributed by atoms with Crippen LogP contribution in [0, 0.1) is 15.9 Å². The van der Waals surface area contributed by atoms with Gasteiger partial charge in [0, 0.05) is 6.08 Å². The summed E-state index contributed by atoms with van der Waals surface area (Å²) in [7, 11) is 1.41. The van der Waals surface area contributed by atoms with Crippen LogP contribution in [0.5, 0.6) is 5.75 Å². The standard InChI is InChI=1S/C28H22FN3O7S/c1-4-38-27(34)24-15(2)30-28-31(25(24)16-5-7-17(29)8-6-16)26(33)23(40-28)14-19-10-12-22(39-19)20-11-9-18(37-3)13-21(20)32(35)36/h5-14,25H,4H2,1-3H3/b23-14-/t25-/m1/s1. The average molecular weight is 564 g/mol. The van der Waals surface area contributed by atoms with E-state index < -0.39 is 28.3 Å². The number of allylic oxidation sites excluding steroid dienone is 1. The highest BCUT2D eigenvalue weighted by atomic mass is 32.1. The van der Waals surface area contributed by atoms with E-state index in [0.29, 0.717) is 21.8 Å². The zero-order chi connectivity index (χ0) is 28.6. The van der Waals surface area contributed by atoms with Gasteiger partial charge in [0.05, 0.1) is 52.1 Å². The van der Waals surface area contributed by atoms with E-state index >= 15 is 0 Å². The van der Waals surface area contributed by atoms with Crippen molar-refractivity contribution in [3.05, 3.63) is 113 Å². The summed E-state index contributed by atoms with van der Waals surface area (Å²) in [6.07, 6.45) is 1.51. The number of benzene rings is 2. The first-order valence-corrected chi connectivity index (χ1v) is 12.9. The first kappa shape index (κ1) is 26.8. The van der Waals surface area contributed by atoms with Gasteiger partial charge in [-0.3, -0.25) is 19.5 Å². The molecule has 0 bridgehead atoms. The van der Waals surface area contributed by atoms with Gasteiger partial charge >= 0.3 is 5.97 Å². The number of fused-ring (bicyclic) bond motifs is 1. The molecular weight excluding hydrogens is 541 g/mol. The third-order valence-electron chi connectivity index (χ3n) is 6.27. The molecule has 0 spiro atoms. The van der Waals surface area contributed by atoms with E-state index in [1.165, 1.54) is 54.2 Å². The van der Waals surface area contributed by atoms with E-state index in [1.54, 1.807) is 32.0 Å². The lowest BCUT2D eigenvalue weighted by molar-refractivity contribution is -0.384. The van der Waals surface area contributed by atoms with Crippen LogP contribution in [0.15, 0.2) is 80.1 Å². The number of aromatic nitrogens is 1. The van der Waals surface area contributed by atoms with Gasteiger partial charge in [-0.1, -0.05) is 23.5 Å². The second kappa shape index (κ2) is 10.7. The number of nitro benzene ring substituents is 1. The number of furan rings is 1. The number of hydrogen-bond donors (Lipinski definition) is 0. The molecule has 2 aromatic carbocycles. The summed E-state index contributed by atoms with van der Waals surface area (Å²) in [5.41, 5.74) is 0.685. The predicted molar refractivity (Wildman–Crippen MR) is 144 cm³/mol. The van der Waals surface area contributed by atoms with Crippen molar-refractivity contribution in [2.24, 2.45) is 4.99 Å². The molecule has 1 aliphatic rings. The van der Waals surface area contributed by atoms with Crippen LogP contribution < -0.4 is 19.6 Å². The van der Waals surface area contributed by atoms with Crippen LogP contribution in [-0.4, -0.2) is 29.2 Å². The maximum atomic E-state index is 13.7. The Balaban J connectivity index is 1.62. The molecule has 1 atom stereocenters. The van der Waals surface area contributed by atoms with Gasteiger partial charge in [0.2, 0.25) is 0 Å². The second-order valence-corrected chi connectivity index (χ2v) is 9.71. The molecule has 3 heterocycles. The van der Waals surface area contributed by atoms with Crippen LogP contribution >= 0.6 is 11.3 Å². The first-order valence-electron chi connectivity index (χ1n) is 12.1. The Kier molecular flexibility index (Phi) is 7.18. The van der Waals surface area contributed by atoms with Crippen molar-refractivity contribution < 1.29 is 28.0 Å². The maximum absolute atomic E-state index is 13.7. The molecule has 0 fully saturated rings. The molecule has 10 nitrogen and oxygen atoms in total. The van der Waals surface area contributed by atoms with E-state index in [2.05, 4.69) is 4.99 Å². The number of esters is 1. The second-order valence-electron chi connectivity index (χ2n) is 8.70. The van der Waals surface area contributed by atoms with Gasteiger partial charge in [-0.25, -0.2) is 14.2 Å². The predicted octanol–water partition coefficient (Wildman–Crippen LogP) is 4.11. The number of carbonyl (C=O) groups is 1. The lowest BCUT2D eigenvalue weighted by Gasteiger charge is -2.24. The first-order chi connectivity index (χ1) is 19.2. The molecule has 0 aliphatic carbocycles. The number of thiazole rings is 1. The van der Waals surface area contributed by atoms with Crippen molar-refractivity contribution in [2.75, 3.05) is 13.7 Å². The van der Waals surface area contributed by atoms with Crippen molar-refractivity contribution in [2.45, 2.75) is 19.9 Å². The minimum atomic E-state index is -0.882. The molecule has 0 radical (unpaired) electrons. The summed E-state index contributed by atoms with van der Waals surface area (Å²) in [6.45, 7) is 3.46. The normalized spacial score (nSPS) is 15.0. The Morgan fingerprint density at radius 1 is 1.23 bits per heavy atom. The van der Waals surface area contributed by atoms with Crippen LogP contribution in [0.2, 0.25) is 0 Å². The number of rotatable bonds is 7. The summed E-state index contributed by atoms with van der Waals surface area (Å²) in [5.74, 6) is -0.232. The van der Waals surface area contributed by atoms with E-state index in [-0.39, 0.29) is 39.5 Å². The molecular formula is C28H22FN3O7S. The average Bonchev–Trinajstić information content (AvgIpc) is 3.52. The van der Waals surface area contributed by atoms with Crippen LogP contribution in [0.4, 0.5) is 10.1 Å². The van der Waals surface area contributed by atoms with Crippen LogP contribution in [0.1, 0.15) is 31.2 Å². The maximum Gasteiger partial charge on any atom is 0.338 e. The fourth-order valence-corrected chi connectivity index (χ4v) is 5.48. The molecule has 4 aromatic rings. The Hall–Kier alpha value is -4.84. The van der Waals surface area contributed by atoms with Crippen molar-refractivity contribution in [3.8, 4) is 17.1 Å². The van der Waals surface area contributed by atoms with E-state index in [0.717, 1.165) is 11.3 Å². The van der Waals surface area contributed by atoms with Crippen LogP contribution in [0.3, 0.4) is 0 Å². The number of methoxy groups -OCH3 is 1. The van der Waals surface area contributed by atoms with E-state index in [4.69, 9.17) is 13.9 Å². The molecule has 0 N–H and O–H groups in total. The number of halogens is 1. The molecule has 0 amide bonds. The fraction of sp³-hybridized carbons (Fsp3) is 0.179. The van der Waals surface area contributed by atoms with Crippen LogP contribution in [-0.2, 0) is 9.53 Å². The summed E-state index contributed by atoms with van der Waals surface area (Å²) >= 11 is 1.09. The largest absolute Gasteiger partial charge is 0.497 e. The van der Waals surface area contributed by atoms with Crippen molar-refractivity contribution in [1.29, 1.82) is 0 Å². The van der Waals surface area contributed by atoms with Crippen molar-refractivity contribution in [3.63, 3.8) is 0 Å². The third kappa shape index (κ3) is 4.84. The highest BCUT2D eigenvalue weighted by molar-refractivity contribution is 7.07. The van der Waals surface area contributed by atoms with Gasteiger partial charge < -0.3 is 13.9 Å². The SMILES string of the molecule is CCOC(=O)C1=C(C)N=c2s/c(=C\c3ccc(-c4ccc(OC)cc4[N+](=O)[O-])o3)c(=O)n2[C@@H]1c1ccc(F)cc1. The van der Waals surface area contributed by atoms with Gasteiger partial charge in [0.25, 0.3) is 11.2 Å². The van der Waals surface area contributed by atoms with Gasteiger partial charge in [0.1, 0.15) is 23.1 Å². The van der Waals surface area contributed by atoms with Crippen molar-refractivity contribution in [1.82, 2.24) is 4.57 Å². The molecule has 2 aromatic heterocycles. The summed E-state index contributed by atoms with van der Waals surface area (Å²) < 4.78 is 31.5. The molecule has 1 aliphatic heterocycles. The Bertz CT molecular complexity index is 1850. The summed E-state index contributed by atoms with van der Waals surface area (Å²) in [5, 5.41) is 11.6. The highest BCUT2D eigenvalue weighted by Gasteiger charge is 2.33. The fourth-order valence-electron chi connectivity index (χ4n) is 4.45. The molecule has 0 saturated heterocycles. The minimum Gasteiger partial charge on any atom is -0.497 e. The van der Waals surface area contributed by atoms with Gasteiger partial charge in [0.15, 0.2) is 4.80 Å². The lowest BCUT2D eigenvalue weighted by atomic mass is 9.96. The summed E-state index contributed by atoms with van der Waals surface area (Å²) in [4.78, 5) is 42.5. The Morgan fingerprint density at radius 3 is 2.65 bits per heavy atom.